The van der Waals surface area contributed by atoms with E-state index in [0.29, 0.717) is 5.92 Å². The van der Waals surface area contributed by atoms with Crippen molar-refractivity contribution in [2.75, 3.05) is 6.61 Å². The summed E-state index contributed by atoms with van der Waals surface area (Å²) in [7, 11) is 0. The molecule has 0 heterocycles. The highest BCUT2D eigenvalue weighted by Crippen LogP contribution is 2.46. The van der Waals surface area contributed by atoms with Crippen LogP contribution >= 0.6 is 11.8 Å². The molecule has 3 heteroatoms. The molecule has 3 rings (SSSR count). The third-order valence-corrected chi connectivity index (χ3v) is 5.14. The van der Waals surface area contributed by atoms with Crippen LogP contribution in [0.25, 0.3) is 0 Å². The zero-order valence-corrected chi connectivity index (χ0v) is 14.2. The van der Waals surface area contributed by atoms with E-state index in [2.05, 4.69) is 19.9 Å². The minimum atomic E-state index is 0.528. The highest BCUT2D eigenvalue weighted by molar-refractivity contribution is 8.17. The molecule has 2 nitrogen and oxygen atoms in total. The lowest BCUT2D eigenvalue weighted by Crippen LogP contribution is -2.11. The van der Waals surface area contributed by atoms with Gasteiger partial charge in [0.2, 0.25) is 0 Å². The second-order valence-electron chi connectivity index (χ2n) is 5.74. The molecular weight excluding hydrogens is 290 g/mol. The summed E-state index contributed by atoms with van der Waals surface area (Å²) in [5.74, 6) is 1.70. The van der Waals surface area contributed by atoms with Crippen molar-refractivity contribution in [1.29, 1.82) is 0 Å². The van der Waals surface area contributed by atoms with Crippen molar-refractivity contribution in [3.05, 3.63) is 52.6 Å². The van der Waals surface area contributed by atoms with E-state index in [-0.39, 0.29) is 0 Å². The van der Waals surface area contributed by atoms with Gasteiger partial charge in [-0.25, -0.2) is 4.99 Å². The molecule has 0 aliphatic heterocycles. The summed E-state index contributed by atoms with van der Waals surface area (Å²) >= 11 is 1.79. The number of fused-ring (bicyclic) bond motifs is 1. The molecule has 0 amide bonds. The van der Waals surface area contributed by atoms with Gasteiger partial charge in [0.15, 0.2) is 0 Å². The Hall–Kier alpha value is -1.48. The zero-order chi connectivity index (χ0) is 15.4. The van der Waals surface area contributed by atoms with Gasteiger partial charge in [-0.3, -0.25) is 0 Å². The van der Waals surface area contributed by atoms with Crippen molar-refractivity contribution in [3.63, 3.8) is 0 Å². The second-order valence-corrected chi connectivity index (χ2v) is 6.97. The Balaban J connectivity index is 1.79. The van der Waals surface area contributed by atoms with E-state index in [0.717, 1.165) is 17.3 Å². The second kappa shape index (κ2) is 7.19. The molecule has 116 valence electrons. The van der Waals surface area contributed by atoms with Crippen molar-refractivity contribution in [2.24, 2.45) is 10.9 Å². The molecule has 2 aliphatic carbocycles. The molecule has 0 saturated heterocycles. The molecule has 1 atom stereocenters. The number of allylic oxidation sites excluding steroid dienone is 2. The van der Waals surface area contributed by atoms with E-state index in [4.69, 9.17) is 9.73 Å². The fourth-order valence-corrected chi connectivity index (χ4v) is 4.23. The van der Waals surface area contributed by atoms with Gasteiger partial charge in [0, 0.05) is 10.8 Å². The summed E-state index contributed by atoms with van der Waals surface area (Å²) in [4.78, 5) is 6.07. The van der Waals surface area contributed by atoms with Crippen LogP contribution in [0.4, 0.5) is 5.69 Å². The minimum absolute atomic E-state index is 0.528. The Morgan fingerprint density at radius 3 is 2.86 bits per heavy atom. The van der Waals surface area contributed by atoms with E-state index in [1.54, 1.807) is 17.3 Å². The highest BCUT2D eigenvalue weighted by atomic mass is 32.2. The van der Waals surface area contributed by atoms with Crippen molar-refractivity contribution in [2.45, 2.75) is 39.5 Å². The van der Waals surface area contributed by atoms with Crippen LogP contribution in [0.5, 0.6) is 0 Å². The third kappa shape index (κ3) is 3.46. The Bertz CT molecular complexity index is 616. The predicted molar refractivity (Wildman–Crippen MR) is 95.5 cm³/mol. The average molecular weight is 313 g/mol. The molecule has 1 aromatic carbocycles. The molecule has 0 spiro atoms. The smallest absolute Gasteiger partial charge is 0.104 e. The summed E-state index contributed by atoms with van der Waals surface area (Å²) in [6.45, 7) is 4.91. The van der Waals surface area contributed by atoms with Crippen LogP contribution in [-0.2, 0) is 4.74 Å². The number of hydrogen-bond acceptors (Lipinski definition) is 3. The van der Waals surface area contributed by atoms with Crippen LogP contribution in [0.3, 0.4) is 0 Å². The lowest BCUT2D eigenvalue weighted by molar-refractivity contribution is 0.194. The van der Waals surface area contributed by atoms with E-state index >= 15 is 0 Å². The Kier molecular flexibility index (Phi) is 5.04. The number of rotatable bonds is 4. The number of benzene rings is 1. The molecule has 0 bridgehead atoms. The lowest BCUT2D eigenvalue weighted by Gasteiger charge is -2.24. The number of para-hydroxylation sites is 1. The molecule has 2 aliphatic rings. The predicted octanol–water partition coefficient (Wildman–Crippen LogP) is 5.85. The first-order valence-corrected chi connectivity index (χ1v) is 8.95. The molecule has 0 N–H and O–H groups in total. The molecule has 1 saturated carbocycles. The van der Waals surface area contributed by atoms with Crippen molar-refractivity contribution >= 4 is 22.5 Å². The molecule has 0 radical (unpaired) electrons. The first kappa shape index (κ1) is 15.4. The normalized spacial score (nSPS) is 21.6. The molecular formula is C19H23NOS. The summed E-state index contributed by atoms with van der Waals surface area (Å²) in [6.07, 6.45) is 7.31. The molecule has 1 aromatic rings. The van der Waals surface area contributed by atoms with Crippen LogP contribution in [0.2, 0.25) is 0 Å². The van der Waals surface area contributed by atoms with Crippen LogP contribution in [0.1, 0.15) is 39.5 Å². The van der Waals surface area contributed by atoms with E-state index in [9.17, 15) is 0 Å². The van der Waals surface area contributed by atoms with Gasteiger partial charge >= 0.3 is 0 Å². The van der Waals surface area contributed by atoms with E-state index in [1.165, 1.54) is 36.3 Å². The van der Waals surface area contributed by atoms with Crippen LogP contribution < -0.4 is 0 Å². The summed E-state index contributed by atoms with van der Waals surface area (Å²) < 4.78 is 5.87. The topological polar surface area (TPSA) is 21.6 Å². The minimum Gasteiger partial charge on any atom is -0.498 e. The van der Waals surface area contributed by atoms with Gasteiger partial charge in [-0.05, 0) is 56.9 Å². The van der Waals surface area contributed by atoms with Gasteiger partial charge in [0.1, 0.15) is 5.76 Å². The molecule has 1 fully saturated rings. The van der Waals surface area contributed by atoms with Crippen LogP contribution in [0.15, 0.2) is 57.6 Å². The van der Waals surface area contributed by atoms with Gasteiger partial charge < -0.3 is 4.74 Å². The first-order valence-electron chi connectivity index (χ1n) is 8.13. The van der Waals surface area contributed by atoms with Gasteiger partial charge in [-0.2, -0.15) is 0 Å². The van der Waals surface area contributed by atoms with Crippen molar-refractivity contribution in [3.8, 4) is 0 Å². The number of ether oxygens (including phenoxy) is 1. The van der Waals surface area contributed by atoms with Crippen molar-refractivity contribution < 1.29 is 4.74 Å². The Morgan fingerprint density at radius 2 is 2.09 bits per heavy atom. The first-order chi connectivity index (χ1) is 10.8. The molecule has 0 unspecified atom stereocenters. The quantitative estimate of drug-likeness (QED) is 0.514. The zero-order valence-electron chi connectivity index (χ0n) is 13.3. The fourth-order valence-electron chi connectivity index (χ4n) is 3.21. The van der Waals surface area contributed by atoms with Gasteiger partial charge in [-0.15, -0.1) is 0 Å². The highest BCUT2D eigenvalue weighted by Gasteiger charge is 2.31. The average Bonchev–Trinajstić information content (AvgIpc) is 2.87. The van der Waals surface area contributed by atoms with E-state index < -0.39 is 0 Å². The van der Waals surface area contributed by atoms with Gasteiger partial charge in [0.25, 0.3) is 0 Å². The summed E-state index contributed by atoms with van der Waals surface area (Å²) in [6, 6.07) is 10.2. The number of hydrogen-bond donors (Lipinski definition) is 0. The van der Waals surface area contributed by atoms with E-state index in [1.807, 2.05) is 30.3 Å². The largest absolute Gasteiger partial charge is 0.498 e. The number of thioether (sulfide) groups is 1. The summed E-state index contributed by atoms with van der Waals surface area (Å²) in [5.41, 5.74) is 2.59. The van der Waals surface area contributed by atoms with Crippen LogP contribution in [0, 0.1) is 5.92 Å². The maximum absolute atomic E-state index is 5.87. The van der Waals surface area contributed by atoms with Crippen LogP contribution in [-0.4, -0.2) is 11.7 Å². The Labute approximate surface area is 137 Å². The SMILES string of the molecule is CCOC1=CC(SC(C)=Nc2ccccc2)=C2CCCC[C@@H]12. The fraction of sp³-hybridized carbons (Fsp3) is 0.421. The maximum Gasteiger partial charge on any atom is 0.104 e. The number of aliphatic imine (C=N–C) groups is 1. The van der Waals surface area contributed by atoms with Crippen molar-refractivity contribution in [1.82, 2.24) is 0 Å². The molecule has 0 aromatic heterocycles. The Morgan fingerprint density at radius 1 is 1.27 bits per heavy atom. The maximum atomic E-state index is 5.87. The van der Waals surface area contributed by atoms with Gasteiger partial charge in [-0.1, -0.05) is 36.4 Å². The lowest BCUT2D eigenvalue weighted by atomic mass is 9.86. The monoisotopic (exact) mass is 313 g/mol. The summed E-state index contributed by atoms with van der Waals surface area (Å²) in [5, 5.41) is 1.09. The third-order valence-electron chi connectivity index (χ3n) is 4.15. The number of nitrogens with zero attached hydrogens (tertiary/aromatic N) is 1. The molecule has 22 heavy (non-hydrogen) atoms. The standard InChI is InChI=1S/C19H23NOS/c1-3-21-18-13-19(17-12-8-7-11-16(17)18)22-14(2)20-15-9-5-4-6-10-15/h4-6,9-10,13,16H,3,7-8,11-12H2,1-2H3/t16-/m1/s1. The van der Waals surface area contributed by atoms with Gasteiger partial charge in [0.05, 0.1) is 17.3 Å².